The second-order valence-corrected chi connectivity index (χ2v) is 8.47. The summed E-state index contributed by atoms with van der Waals surface area (Å²) >= 11 is 0. The number of amides is 1. The number of unbranched alkanes of at least 4 members (excludes halogenated alkanes) is 1. The van der Waals surface area contributed by atoms with E-state index in [2.05, 4.69) is 6.92 Å². The molecule has 4 rings (SSSR count). The fraction of sp³-hybridized carbons (Fsp3) is 0.407. The van der Waals surface area contributed by atoms with Gasteiger partial charge in [0.2, 0.25) is 0 Å². The summed E-state index contributed by atoms with van der Waals surface area (Å²) in [5.74, 6) is 0.0769. The van der Waals surface area contributed by atoms with Gasteiger partial charge in [-0.25, -0.2) is 0 Å². The minimum atomic E-state index is -0.755. The summed E-state index contributed by atoms with van der Waals surface area (Å²) in [6.45, 7) is 4.25. The van der Waals surface area contributed by atoms with Crippen molar-refractivity contribution in [1.82, 2.24) is 4.90 Å². The van der Waals surface area contributed by atoms with E-state index >= 15 is 0 Å². The predicted octanol–water partition coefficient (Wildman–Crippen LogP) is 4.09. The molecule has 186 valence electrons. The fourth-order valence-electron chi connectivity index (χ4n) is 4.29. The molecule has 2 aromatic carbocycles. The average Bonchev–Trinajstić information content (AvgIpc) is 3.13. The van der Waals surface area contributed by atoms with E-state index in [1.165, 1.54) is 4.90 Å². The minimum absolute atomic E-state index is 0.0369. The number of hydrogen-bond donors (Lipinski definition) is 1. The van der Waals surface area contributed by atoms with Gasteiger partial charge in [-0.05, 0) is 48.7 Å². The van der Waals surface area contributed by atoms with Crippen molar-refractivity contribution in [3.8, 4) is 17.2 Å². The molecule has 1 saturated heterocycles. The van der Waals surface area contributed by atoms with Gasteiger partial charge in [-0.15, -0.1) is 0 Å². The van der Waals surface area contributed by atoms with Crippen LogP contribution in [0.4, 0.5) is 0 Å². The summed E-state index contributed by atoms with van der Waals surface area (Å²) in [6, 6.07) is 11.6. The molecule has 35 heavy (non-hydrogen) atoms. The Bertz CT molecular complexity index is 1110. The molecule has 0 spiro atoms. The second-order valence-electron chi connectivity index (χ2n) is 8.47. The number of Topliss-reactive ketones (excluding diaryl/α,β-unsaturated/α-hetero) is 1. The zero-order valence-electron chi connectivity index (χ0n) is 20.1. The van der Waals surface area contributed by atoms with Gasteiger partial charge >= 0.3 is 0 Å². The molecule has 0 radical (unpaired) electrons. The van der Waals surface area contributed by atoms with Crippen molar-refractivity contribution in [3.05, 3.63) is 59.2 Å². The minimum Gasteiger partial charge on any atom is -0.507 e. The molecule has 1 atom stereocenters. The highest BCUT2D eigenvalue weighted by Gasteiger charge is 2.46. The van der Waals surface area contributed by atoms with Gasteiger partial charge in [0.05, 0.1) is 18.2 Å². The normalized spacial score (nSPS) is 18.7. The number of aliphatic hydroxyl groups is 1. The van der Waals surface area contributed by atoms with Gasteiger partial charge in [0.1, 0.15) is 24.7 Å². The maximum atomic E-state index is 13.2. The number of ketones is 1. The van der Waals surface area contributed by atoms with E-state index in [4.69, 9.17) is 18.9 Å². The number of rotatable bonds is 10. The van der Waals surface area contributed by atoms with Crippen LogP contribution < -0.4 is 14.2 Å². The maximum absolute atomic E-state index is 13.2. The Labute approximate surface area is 205 Å². The molecular formula is C27H31NO7. The third kappa shape index (κ3) is 5.27. The molecule has 1 amide bonds. The Morgan fingerprint density at radius 3 is 2.63 bits per heavy atom. The lowest BCUT2D eigenvalue weighted by atomic mass is 9.95. The van der Waals surface area contributed by atoms with Crippen LogP contribution in [0.5, 0.6) is 17.2 Å². The molecular weight excluding hydrogens is 450 g/mol. The van der Waals surface area contributed by atoms with Crippen LogP contribution in [0.3, 0.4) is 0 Å². The van der Waals surface area contributed by atoms with Gasteiger partial charge < -0.3 is 29.0 Å². The number of fused-ring (bicyclic) bond motifs is 1. The number of methoxy groups -OCH3 is 1. The Balaban J connectivity index is 1.76. The first-order chi connectivity index (χ1) is 17.0. The summed E-state index contributed by atoms with van der Waals surface area (Å²) in [4.78, 5) is 27.8. The SMILES string of the molecule is CCCCOc1cccc([C@H]2C(=C(O)c3ccc4c(c3)OCCO4)C(=O)C(=O)N2CCCOC)c1. The van der Waals surface area contributed by atoms with E-state index in [1.807, 2.05) is 24.3 Å². The Morgan fingerprint density at radius 2 is 1.86 bits per heavy atom. The largest absolute Gasteiger partial charge is 0.507 e. The third-order valence-corrected chi connectivity index (χ3v) is 6.04. The molecule has 8 heteroatoms. The lowest BCUT2D eigenvalue weighted by molar-refractivity contribution is -0.140. The highest BCUT2D eigenvalue weighted by atomic mass is 16.6. The van der Waals surface area contributed by atoms with E-state index in [0.29, 0.717) is 67.8 Å². The number of likely N-dealkylation sites (tertiary alicyclic amines) is 1. The van der Waals surface area contributed by atoms with E-state index in [-0.39, 0.29) is 11.3 Å². The summed E-state index contributed by atoms with van der Waals surface area (Å²) < 4.78 is 22.2. The van der Waals surface area contributed by atoms with Crippen molar-refractivity contribution < 1.29 is 33.6 Å². The van der Waals surface area contributed by atoms with Crippen molar-refractivity contribution in [2.45, 2.75) is 32.2 Å². The monoisotopic (exact) mass is 481 g/mol. The van der Waals surface area contributed by atoms with Crippen LogP contribution in [0, 0.1) is 0 Å². The van der Waals surface area contributed by atoms with Crippen molar-refractivity contribution >= 4 is 17.4 Å². The highest BCUT2D eigenvalue weighted by molar-refractivity contribution is 6.46. The second kappa shape index (κ2) is 11.3. The molecule has 1 fully saturated rings. The lowest BCUT2D eigenvalue weighted by Crippen LogP contribution is -2.31. The van der Waals surface area contributed by atoms with Crippen LogP contribution in [0.1, 0.15) is 43.4 Å². The Morgan fingerprint density at radius 1 is 1.06 bits per heavy atom. The first-order valence-corrected chi connectivity index (χ1v) is 11.9. The van der Waals surface area contributed by atoms with Gasteiger partial charge in [-0.1, -0.05) is 25.5 Å². The number of nitrogens with zero attached hydrogens (tertiary/aromatic N) is 1. The van der Waals surface area contributed by atoms with Crippen molar-refractivity contribution in [3.63, 3.8) is 0 Å². The van der Waals surface area contributed by atoms with E-state index in [0.717, 1.165) is 12.8 Å². The van der Waals surface area contributed by atoms with E-state index in [9.17, 15) is 14.7 Å². The van der Waals surface area contributed by atoms with Crippen LogP contribution in [0.2, 0.25) is 0 Å². The maximum Gasteiger partial charge on any atom is 0.295 e. The topological polar surface area (TPSA) is 94.5 Å². The van der Waals surface area contributed by atoms with Gasteiger partial charge in [0.15, 0.2) is 11.5 Å². The van der Waals surface area contributed by atoms with Gasteiger partial charge in [-0.2, -0.15) is 0 Å². The quantitative estimate of drug-likeness (QED) is 0.236. The number of hydrogen-bond acceptors (Lipinski definition) is 7. The molecule has 2 aliphatic heterocycles. The Kier molecular flexibility index (Phi) is 7.92. The van der Waals surface area contributed by atoms with Gasteiger partial charge in [0.25, 0.3) is 11.7 Å². The van der Waals surface area contributed by atoms with E-state index < -0.39 is 17.7 Å². The molecule has 0 unspecified atom stereocenters. The number of benzene rings is 2. The van der Waals surface area contributed by atoms with Crippen molar-refractivity contribution in [2.24, 2.45) is 0 Å². The molecule has 2 heterocycles. The van der Waals surface area contributed by atoms with Gasteiger partial charge in [-0.3, -0.25) is 9.59 Å². The van der Waals surface area contributed by atoms with Crippen LogP contribution in [0.25, 0.3) is 5.76 Å². The smallest absolute Gasteiger partial charge is 0.295 e. The number of aliphatic hydroxyl groups excluding tert-OH is 1. The van der Waals surface area contributed by atoms with Crippen LogP contribution in [-0.4, -0.2) is 61.8 Å². The summed E-state index contributed by atoms with van der Waals surface area (Å²) in [7, 11) is 1.59. The predicted molar refractivity (Wildman–Crippen MR) is 130 cm³/mol. The average molecular weight is 482 g/mol. The highest BCUT2D eigenvalue weighted by Crippen LogP contribution is 2.41. The summed E-state index contributed by atoms with van der Waals surface area (Å²) in [6.07, 6.45) is 2.48. The number of carbonyl (C=O) groups is 2. The molecule has 1 N–H and O–H groups in total. The fourth-order valence-corrected chi connectivity index (χ4v) is 4.29. The number of carbonyl (C=O) groups excluding carboxylic acids is 2. The summed E-state index contributed by atoms with van der Waals surface area (Å²) in [5.41, 5.74) is 1.11. The van der Waals surface area contributed by atoms with Gasteiger partial charge in [0, 0.05) is 25.8 Å². The molecule has 0 aliphatic carbocycles. The lowest BCUT2D eigenvalue weighted by Gasteiger charge is -2.26. The zero-order valence-corrected chi connectivity index (χ0v) is 20.1. The molecule has 8 nitrogen and oxygen atoms in total. The van der Waals surface area contributed by atoms with Crippen molar-refractivity contribution in [1.29, 1.82) is 0 Å². The van der Waals surface area contributed by atoms with Crippen LogP contribution in [-0.2, 0) is 14.3 Å². The Hall–Kier alpha value is -3.52. The number of ether oxygens (including phenoxy) is 4. The molecule has 0 bridgehead atoms. The summed E-state index contributed by atoms with van der Waals surface area (Å²) in [5, 5.41) is 11.3. The first-order valence-electron chi connectivity index (χ1n) is 11.9. The standard InChI is InChI=1S/C27H31NO7/c1-3-4-13-33-20-8-5-7-18(16-20)24-23(26(30)27(31)28(24)11-6-12-32-2)25(29)19-9-10-21-22(17-19)35-15-14-34-21/h5,7-10,16-17,24,29H,3-4,6,11-15H2,1-2H3/t24-/m0/s1. The molecule has 0 saturated carbocycles. The third-order valence-electron chi connectivity index (χ3n) is 6.04. The van der Waals surface area contributed by atoms with Crippen LogP contribution in [0.15, 0.2) is 48.0 Å². The molecule has 0 aromatic heterocycles. The van der Waals surface area contributed by atoms with Crippen LogP contribution >= 0.6 is 0 Å². The first kappa shape index (κ1) is 24.6. The van der Waals surface area contributed by atoms with E-state index in [1.54, 1.807) is 25.3 Å². The molecule has 2 aliphatic rings. The van der Waals surface area contributed by atoms with Crippen molar-refractivity contribution in [2.75, 3.05) is 40.1 Å². The zero-order chi connectivity index (χ0) is 24.8. The molecule has 2 aromatic rings.